The summed E-state index contributed by atoms with van der Waals surface area (Å²) < 4.78 is 11.6. The van der Waals surface area contributed by atoms with E-state index in [0.717, 1.165) is 23.3 Å². The van der Waals surface area contributed by atoms with Crippen molar-refractivity contribution in [2.75, 3.05) is 20.3 Å². The van der Waals surface area contributed by atoms with Gasteiger partial charge in [0.15, 0.2) is 0 Å². The Bertz CT molecular complexity index is 727. The lowest BCUT2D eigenvalue weighted by molar-refractivity contribution is -0.122. The Balaban J connectivity index is 1.80. The highest BCUT2D eigenvalue weighted by molar-refractivity contribution is 8.26. The molecule has 0 bridgehead atoms. The first kappa shape index (κ1) is 17.2. The van der Waals surface area contributed by atoms with Crippen LogP contribution in [0.15, 0.2) is 40.8 Å². The lowest BCUT2D eigenvalue weighted by Gasteiger charge is -2.23. The van der Waals surface area contributed by atoms with E-state index in [1.54, 1.807) is 12.0 Å². The van der Waals surface area contributed by atoms with Gasteiger partial charge in [0.1, 0.15) is 16.2 Å². The number of para-hydroxylation sites is 1. The first-order chi connectivity index (χ1) is 11.6. The molecule has 1 aromatic rings. The number of thiocarbonyl (C=S) groups is 1. The Hall–Kier alpha value is -1.63. The summed E-state index contributed by atoms with van der Waals surface area (Å²) >= 11 is 6.69. The minimum atomic E-state index is -0.100. The largest absolute Gasteiger partial charge is 0.485 e. The predicted molar refractivity (Wildman–Crippen MR) is 101 cm³/mol. The molecule has 4 nitrogen and oxygen atoms in total. The van der Waals surface area contributed by atoms with Crippen LogP contribution < -0.4 is 4.74 Å². The molecule has 1 atom stereocenters. The summed E-state index contributed by atoms with van der Waals surface area (Å²) in [5, 5.41) is 0. The average molecular weight is 361 g/mol. The third-order valence-electron chi connectivity index (χ3n) is 3.92. The normalized spacial score (nSPS) is 21.8. The van der Waals surface area contributed by atoms with Gasteiger partial charge >= 0.3 is 0 Å². The Labute approximate surface area is 151 Å². The minimum Gasteiger partial charge on any atom is -0.485 e. The number of carbonyl (C=O) groups excluding carboxylic acids is 1. The summed E-state index contributed by atoms with van der Waals surface area (Å²) in [6.07, 6.45) is 4.64. The molecular weight excluding hydrogens is 342 g/mol. The number of thioether (sulfide) groups is 1. The third kappa shape index (κ3) is 3.55. The van der Waals surface area contributed by atoms with Crippen molar-refractivity contribution in [2.24, 2.45) is 0 Å². The van der Waals surface area contributed by atoms with E-state index in [4.69, 9.17) is 21.7 Å². The highest BCUT2D eigenvalue weighted by Crippen LogP contribution is 2.35. The smallest absolute Gasteiger partial charge is 0.266 e. The van der Waals surface area contributed by atoms with Gasteiger partial charge in [0, 0.05) is 25.8 Å². The lowest BCUT2D eigenvalue weighted by Crippen LogP contribution is -2.29. The summed E-state index contributed by atoms with van der Waals surface area (Å²) in [6.45, 7) is 3.18. The third-order valence-corrected chi connectivity index (χ3v) is 5.29. The number of hydrogen-bond donors (Lipinski definition) is 0. The van der Waals surface area contributed by atoms with Gasteiger partial charge in [0.05, 0.1) is 4.91 Å². The SMILES string of the molecule is COCCCN1C(=O)/C(=C/C2=Cc3ccccc3O[C@@H]2C)SC1=S. The number of hydrogen-bond acceptors (Lipinski definition) is 5. The zero-order chi connectivity index (χ0) is 17.1. The second-order valence-electron chi connectivity index (χ2n) is 5.62. The maximum absolute atomic E-state index is 12.6. The van der Waals surface area contributed by atoms with E-state index in [0.29, 0.717) is 22.4 Å². The fourth-order valence-corrected chi connectivity index (χ4v) is 3.94. The van der Waals surface area contributed by atoms with E-state index in [1.807, 2.05) is 37.3 Å². The zero-order valence-corrected chi connectivity index (χ0v) is 15.3. The van der Waals surface area contributed by atoms with E-state index >= 15 is 0 Å². The number of carbonyl (C=O) groups is 1. The molecule has 0 N–H and O–H groups in total. The van der Waals surface area contributed by atoms with Crippen LogP contribution in [0.5, 0.6) is 5.75 Å². The summed E-state index contributed by atoms with van der Waals surface area (Å²) in [7, 11) is 1.65. The van der Waals surface area contributed by atoms with Crippen LogP contribution in [0.3, 0.4) is 0 Å². The molecule has 2 aliphatic rings. The van der Waals surface area contributed by atoms with Gasteiger partial charge in [-0.15, -0.1) is 0 Å². The number of rotatable bonds is 5. The second-order valence-corrected chi connectivity index (χ2v) is 7.30. The molecule has 0 spiro atoms. The van der Waals surface area contributed by atoms with Gasteiger partial charge in [-0.3, -0.25) is 9.69 Å². The Morgan fingerprint density at radius 2 is 2.21 bits per heavy atom. The Morgan fingerprint density at radius 1 is 1.42 bits per heavy atom. The quantitative estimate of drug-likeness (QED) is 0.455. The molecule has 0 radical (unpaired) electrons. The van der Waals surface area contributed by atoms with Crippen LogP contribution in [-0.4, -0.2) is 41.5 Å². The highest BCUT2D eigenvalue weighted by Gasteiger charge is 2.32. The molecule has 0 aromatic heterocycles. The fourth-order valence-electron chi connectivity index (χ4n) is 2.63. The van der Waals surface area contributed by atoms with E-state index in [9.17, 15) is 4.79 Å². The zero-order valence-electron chi connectivity index (χ0n) is 13.7. The molecule has 1 saturated heterocycles. The van der Waals surface area contributed by atoms with Crippen molar-refractivity contribution in [3.8, 4) is 5.75 Å². The van der Waals surface area contributed by atoms with Gasteiger partial charge < -0.3 is 9.47 Å². The summed E-state index contributed by atoms with van der Waals surface area (Å²) in [5.74, 6) is 0.835. The first-order valence-electron chi connectivity index (χ1n) is 7.81. The summed E-state index contributed by atoms with van der Waals surface area (Å²) in [6, 6.07) is 7.89. The van der Waals surface area contributed by atoms with Crippen LogP contribution in [0.4, 0.5) is 0 Å². The van der Waals surface area contributed by atoms with Crippen LogP contribution in [0.1, 0.15) is 18.9 Å². The molecule has 24 heavy (non-hydrogen) atoms. The van der Waals surface area contributed by atoms with Gasteiger partial charge in [-0.25, -0.2) is 0 Å². The van der Waals surface area contributed by atoms with Gasteiger partial charge in [0.25, 0.3) is 5.91 Å². The van der Waals surface area contributed by atoms with E-state index in [2.05, 4.69) is 6.08 Å². The number of fused-ring (bicyclic) bond motifs is 1. The van der Waals surface area contributed by atoms with Crippen molar-refractivity contribution in [2.45, 2.75) is 19.4 Å². The molecule has 1 fully saturated rings. The van der Waals surface area contributed by atoms with Crippen molar-refractivity contribution in [3.63, 3.8) is 0 Å². The molecule has 0 aliphatic carbocycles. The molecule has 1 amide bonds. The standard InChI is InChI=1S/C18H19NO3S2/c1-12-14(10-13-6-3-4-7-15(13)22-12)11-16-17(20)19(18(23)24-16)8-5-9-21-2/h3-4,6-7,10-12H,5,8-9H2,1-2H3/b16-11-/t12-/m1/s1. The second kappa shape index (κ2) is 7.51. The maximum Gasteiger partial charge on any atom is 0.266 e. The summed E-state index contributed by atoms with van der Waals surface area (Å²) in [5.41, 5.74) is 2.00. The van der Waals surface area contributed by atoms with Crippen molar-refractivity contribution in [1.82, 2.24) is 4.90 Å². The molecular formula is C18H19NO3S2. The molecule has 0 saturated carbocycles. The molecule has 3 rings (SSSR count). The number of methoxy groups -OCH3 is 1. The Morgan fingerprint density at radius 3 is 3.00 bits per heavy atom. The van der Waals surface area contributed by atoms with Crippen molar-refractivity contribution in [3.05, 3.63) is 46.4 Å². The molecule has 2 heterocycles. The van der Waals surface area contributed by atoms with Crippen molar-refractivity contribution in [1.29, 1.82) is 0 Å². The molecule has 1 aromatic carbocycles. The Kier molecular flexibility index (Phi) is 5.38. The highest BCUT2D eigenvalue weighted by atomic mass is 32.2. The van der Waals surface area contributed by atoms with Crippen LogP contribution >= 0.6 is 24.0 Å². The van der Waals surface area contributed by atoms with Gasteiger partial charge in [-0.2, -0.15) is 0 Å². The lowest BCUT2D eigenvalue weighted by atomic mass is 10.0. The van der Waals surface area contributed by atoms with Gasteiger partial charge in [0.2, 0.25) is 0 Å². The number of ether oxygens (including phenoxy) is 2. The van der Waals surface area contributed by atoms with Crippen LogP contribution in [0.25, 0.3) is 6.08 Å². The molecule has 0 unspecified atom stereocenters. The van der Waals surface area contributed by atoms with Gasteiger partial charge in [-0.1, -0.05) is 42.2 Å². The van der Waals surface area contributed by atoms with Crippen LogP contribution in [0, 0.1) is 0 Å². The van der Waals surface area contributed by atoms with Crippen LogP contribution in [0.2, 0.25) is 0 Å². The van der Waals surface area contributed by atoms with Crippen molar-refractivity contribution < 1.29 is 14.3 Å². The number of amides is 1. The fraction of sp³-hybridized carbons (Fsp3) is 0.333. The maximum atomic E-state index is 12.6. The summed E-state index contributed by atoms with van der Waals surface area (Å²) in [4.78, 5) is 14.9. The molecule has 2 aliphatic heterocycles. The number of nitrogens with zero attached hydrogens (tertiary/aromatic N) is 1. The molecule has 6 heteroatoms. The van der Waals surface area contributed by atoms with E-state index < -0.39 is 0 Å². The predicted octanol–water partition coefficient (Wildman–Crippen LogP) is 3.63. The van der Waals surface area contributed by atoms with E-state index in [-0.39, 0.29) is 12.0 Å². The first-order valence-corrected chi connectivity index (χ1v) is 9.04. The van der Waals surface area contributed by atoms with Crippen LogP contribution in [-0.2, 0) is 9.53 Å². The molecule has 126 valence electrons. The minimum absolute atomic E-state index is 0.0342. The monoisotopic (exact) mass is 361 g/mol. The van der Waals surface area contributed by atoms with Gasteiger partial charge in [-0.05, 0) is 37.1 Å². The average Bonchev–Trinajstić information content (AvgIpc) is 2.83. The van der Waals surface area contributed by atoms with E-state index in [1.165, 1.54) is 11.8 Å². The topological polar surface area (TPSA) is 38.8 Å². The number of benzene rings is 1. The van der Waals surface area contributed by atoms with Crippen molar-refractivity contribution >= 4 is 40.3 Å².